The second-order valence-corrected chi connectivity index (χ2v) is 5.11. The Bertz CT molecular complexity index is 239. The van der Waals surface area contributed by atoms with Gasteiger partial charge in [-0.25, -0.2) is 0 Å². The standard InChI is InChI=1S/C13H24O3/c1-4-5-6-7-11-12(15)8-9-13(11,3)16-10(2)14/h11-12,15H,4-9H2,1-3H3. The van der Waals surface area contributed by atoms with E-state index in [9.17, 15) is 9.90 Å². The van der Waals surface area contributed by atoms with Crippen LogP contribution < -0.4 is 0 Å². The number of aliphatic hydroxyl groups is 1. The Labute approximate surface area is 98.2 Å². The van der Waals surface area contributed by atoms with Gasteiger partial charge in [0, 0.05) is 12.8 Å². The van der Waals surface area contributed by atoms with E-state index in [1.165, 1.54) is 19.8 Å². The molecule has 16 heavy (non-hydrogen) atoms. The molecule has 3 unspecified atom stereocenters. The van der Waals surface area contributed by atoms with Crippen molar-refractivity contribution in [3.05, 3.63) is 0 Å². The predicted octanol–water partition coefficient (Wildman–Crippen LogP) is 2.66. The van der Waals surface area contributed by atoms with Gasteiger partial charge in [-0.2, -0.15) is 0 Å². The van der Waals surface area contributed by atoms with E-state index in [1.807, 2.05) is 6.92 Å². The molecular weight excluding hydrogens is 204 g/mol. The van der Waals surface area contributed by atoms with Gasteiger partial charge in [0.2, 0.25) is 0 Å². The largest absolute Gasteiger partial charge is 0.459 e. The number of carbonyl (C=O) groups is 1. The fourth-order valence-electron chi connectivity index (χ4n) is 2.80. The first kappa shape index (κ1) is 13.5. The highest BCUT2D eigenvalue weighted by atomic mass is 16.6. The lowest BCUT2D eigenvalue weighted by molar-refractivity contribution is -0.161. The van der Waals surface area contributed by atoms with E-state index in [4.69, 9.17) is 4.74 Å². The van der Waals surface area contributed by atoms with Crippen LogP contribution in [0.5, 0.6) is 0 Å². The monoisotopic (exact) mass is 228 g/mol. The number of hydrogen-bond donors (Lipinski definition) is 1. The van der Waals surface area contributed by atoms with Crippen molar-refractivity contribution in [2.75, 3.05) is 0 Å². The van der Waals surface area contributed by atoms with E-state index in [0.717, 1.165) is 25.7 Å². The molecular formula is C13H24O3. The Kier molecular flexibility index (Phi) is 4.78. The average molecular weight is 228 g/mol. The van der Waals surface area contributed by atoms with Crippen LogP contribution in [0.25, 0.3) is 0 Å². The number of carbonyl (C=O) groups excluding carboxylic acids is 1. The van der Waals surface area contributed by atoms with Crippen LogP contribution in [-0.4, -0.2) is 22.8 Å². The molecule has 0 amide bonds. The zero-order valence-electron chi connectivity index (χ0n) is 10.7. The summed E-state index contributed by atoms with van der Waals surface area (Å²) >= 11 is 0. The van der Waals surface area contributed by atoms with Gasteiger partial charge in [0.25, 0.3) is 0 Å². The van der Waals surface area contributed by atoms with Gasteiger partial charge in [-0.15, -0.1) is 0 Å². The lowest BCUT2D eigenvalue weighted by Crippen LogP contribution is -2.38. The Morgan fingerprint density at radius 3 is 2.75 bits per heavy atom. The third kappa shape index (κ3) is 3.21. The summed E-state index contributed by atoms with van der Waals surface area (Å²) in [7, 11) is 0. The fourth-order valence-corrected chi connectivity index (χ4v) is 2.80. The number of rotatable bonds is 5. The van der Waals surface area contributed by atoms with E-state index in [0.29, 0.717) is 0 Å². The Morgan fingerprint density at radius 2 is 2.19 bits per heavy atom. The van der Waals surface area contributed by atoms with Crippen LogP contribution in [-0.2, 0) is 9.53 Å². The minimum Gasteiger partial charge on any atom is -0.459 e. The minimum absolute atomic E-state index is 0.114. The van der Waals surface area contributed by atoms with Crippen molar-refractivity contribution >= 4 is 5.97 Å². The second kappa shape index (κ2) is 5.67. The average Bonchev–Trinajstić information content (AvgIpc) is 2.44. The van der Waals surface area contributed by atoms with Crippen molar-refractivity contribution in [2.24, 2.45) is 5.92 Å². The highest BCUT2D eigenvalue weighted by molar-refractivity contribution is 5.66. The molecule has 1 aliphatic carbocycles. The van der Waals surface area contributed by atoms with Gasteiger partial charge in [-0.05, 0) is 26.2 Å². The van der Waals surface area contributed by atoms with E-state index in [2.05, 4.69) is 6.92 Å². The maximum Gasteiger partial charge on any atom is 0.303 e. The Morgan fingerprint density at radius 1 is 1.50 bits per heavy atom. The van der Waals surface area contributed by atoms with Crippen molar-refractivity contribution in [1.29, 1.82) is 0 Å². The molecule has 94 valence electrons. The number of ether oxygens (including phenoxy) is 1. The summed E-state index contributed by atoms with van der Waals surface area (Å²) < 4.78 is 5.41. The number of hydrogen-bond acceptors (Lipinski definition) is 3. The Hall–Kier alpha value is -0.570. The molecule has 0 aliphatic heterocycles. The predicted molar refractivity (Wildman–Crippen MR) is 63.0 cm³/mol. The number of aliphatic hydroxyl groups excluding tert-OH is 1. The molecule has 1 saturated carbocycles. The van der Waals surface area contributed by atoms with Crippen molar-refractivity contribution in [2.45, 2.75) is 71.0 Å². The summed E-state index contributed by atoms with van der Waals surface area (Å²) in [4.78, 5) is 11.1. The van der Waals surface area contributed by atoms with Crippen LogP contribution >= 0.6 is 0 Å². The first-order chi connectivity index (χ1) is 7.49. The topological polar surface area (TPSA) is 46.5 Å². The van der Waals surface area contributed by atoms with Crippen molar-refractivity contribution < 1.29 is 14.6 Å². The van der Waals surface area contributed by atoms with Crippen LogP contribution in [0.2, 0.25) is 0 Å². The molecule has 1 rings (SSSR count). The number of esters is 1. The zero-order chi connectivity index (χ0) is 12.2. The molecule has 0 heterocycles. The summed E-state index contributed by atoms with van der Waals surface area (Å²) in [5.74, 6) is -0.125. The lowest BCUT2D eigenvalue weighted by Gasteiger charge is -2.32. The molecule has 0 radical (unpaired) electrons. The van der Waals surface area contributed by atoms with Gasteiger partial charge in [0.1, 0.15) is 5.60 Å². The van der Waals surface area contributed by atoms with Crippen molar-refractivity contribution in [3.8, 4) is 0 Å². The van der Waals surface area contributed by atoms with Gasteiger partial charge in [-0.1, -0.05) is 26.2 Å². The van der Waals surface area contributed by atoms with Gasteiger partial charge in [0.05, 0.1) is 6.10 Å². The smallest absolute Gasteiger partial charge is 0.303 e. The van der Waals surface area contributed by atoms with E-state index in [-0.39, 0.29) is 18.0 Å². The summed E-state index contributed by atoms with van der Waals surface area (Å²) in [6.07, 6.45) is 5.65. The minimum atomic E-state index is -0.445. The molecule has 3 nitrogen and oxygen atoms in total. The van der Waals surface area contributed by atoms with Gasteiger partial charge in [0.15, 0.2) is 0 Å². The molecule has 0 aromatic carbocycles. The third-order valence-corrected chi connectivity index (χ3v) is 3.68. The molecule has 0 aromatic rings. The van der Waals surface area contributed by atoms with Gasteiger partial charge in [-0.3, -0.25) is 4.79 Å². The molecule has 0 spiro atoms. The van der Waals surface area contributed by atoms with Crippen molar-refractivity contribution in [1.82, 2.24) is 0 Å². The maximum absolute atomic E-state index is 11.1. The van der Waals surface area contributed by atoms with Crippen LogP contribution in [0.1, 0.15) is 59.3 Å². The normalized spacial score (nSPS) is 34.0. The van der Waals surface area contributed by atoms with E-state index < -0.39 is 5.60 Å². The molecule has 0 bridgehead atoms. The molecule has 0 aromatic heterocycles. The SMILES string of the molecule is CCCCCC1C(O)CCC1(C)OC(C)=O. The van der Waals surface area contributed by atoms with Gasteiger partial charge < -0.3 is 9.84 Å². The highest BCUT2D eigenvalue weighted by Crippen LogP contribution is 2.41. The fraction of sp³-hybridized carbons (Fsp3) is 0.923. The molecule has 3 atom stereocenters. The van der Waals surface area contributed by atoms with Crippen LogP contribution in [0.4, 0.5) is 0 Å². The molecule has 0 saturated heterocycles. The summed E-state index contributed by atoms with van der Waals surface area (Å²) in [5.41, 5.74) is -0.445. The highest BCUT2D eigenvalue weighted by Gasteiger charge is 2.46. The summed E-state index contributed by atoms with van der Waals surface area (Å²) in [6.45, 7) is 5.57. The van der Waals surface area contributed by atoms with E-state index in [1.54, 1.807) is 0 Å². The lowest BCUT2D eigenvalue weighted by atomic mass is 9.86. The Balaban J connectivity index is 2.57. The summed E-state index contributed by atoms with van der Waals surface area (Å²) in [5, 5.41) is 9.95. The van der Waals surface area contributed by atoms with E-state index >= 15 is 0 Å². The quantitative estimate of drug-likeness (QED) is 0.581. The maximum atomic E-state index is 11.1. The van der Waals surface area contributed by atoms with Crippen LogP contribution in [0.15, 0.2) is 0 Å². The molecule has 1 fully saturated rings. The first-order valence-electron chi connectivity index (χ1n) is 6.37. The summed E-state index contributed by atoms with van der Waals surface area (Å²) in [6, 6.07) is 0. The van der Waals surface area contributed by atoms with Crippen molar-refractivity contribution in [3.63, 3.8) is 0 Å². The molecule has 1 N–H and O–H groups in total. The number of unbranched alkanes of at least 4 members (excludes halogenated alkanes) is 2. The molecule has 1 aliphatic rings. The third-order valence-electron chi connectivity index (χ3n) is 3.68. The van der Waals surface area contributed by atoms with Crippen LogP contribution in [0.3, 0.4) is 0 Å². The van der Waals surface area contributed by atoms with Crippen LogP contribution in [0, 0.1) is 5.92 Å². The zero-order valence-corrected chi connectivity index (χ0v) is 10.7. The first-order valence-corrected chi connectivity index (χ1v) is 6.37. The second-order valence-electron chi connectivity index (χ2n) is 5.11. The van der Waals surface area contributed by atoms with Gasteiger partial charge >= 0.3 is 5.97 Å². The molecule has 3 heteroatoms.